The summed E-state index contributed by atoms with van der Waals surface area (Å²) >= 11 is 0. The number of ether oxygens (including phenoxy) is 1. The number of aryl methyl sites for hydroxylation is 2. The summed E-state index contributed by atoms with van der Waals surface area (Å²) in [4.78, 5) is 40.5. The van der Waals surface area contributed by atoms with Crippen molar-refractivity contribution in [3.05, 3.63) is 69.9 Å². The molecule has 0 aliphatic heterocycles. The first-order valence-electron chi connectivity index (χ1n) is 8.62. The van der Waals surface area contributed by atoms with Gasteiger partial charge in [-0.2, -0.15) is 0 Å². The number of amides is 1. The van der Waals surface area contributed by atoms with E-state index in [1.165, 1.54) is 30.3 Å². The number of halogens is 1. The third-order valence-corrected chi connectivity index (χ3v) is 4.10. The second-order valence-electron chi connectivity index (χ2n) is 6.08. The van der Waals surface area contributed by atoms with Crippen LogP contribution >= 0.6 is 0 Å². The lowest BCUT2D eigenvalue weighted by Gasteiger charge is -2.10. The Morgan fingerprint density at radius 2 is 2.00 bits per heavy atom. The molecule has 0 saturated heterocycles. The number of hydrogen-bond acceptors (Lipinski definition) is 5. The third kappa shape index (κ3) is 4.06. The molecule has 0 spiro atoms. The summed E-state index contributed by atoms with van der Waals surface area (Å²) in [5.74, 6) is -1.78. The zero-order chi connectivity index (χ0) is 20.3. The standard InChI is InChI=1S/C20H18FN3O4/c1-3-24-17-8-7-13(9-16(17)22-12(2)19(24)26)20(27)28-11-18(25)23-15-6-4-5-14(21)10-15/h4-10H,3,11H2,1-2H3,(H,23,25). The second kappa shape index (κ2) is 7.99. The van der Waals surface area contributed by atoms with Crippen molar-refractivity contribution in [2.45, 2.75) is 20.4 Å². The minimum atomic E-state index is -0.704. The van der Waals surface area contributed by atoms with Crippen LogP contribution in [0.3, 0.4) is 0 Å². The fraction of sp³-hybridized carbons (Fsp3) is 0.200. The van der Waals surface area contributed by atoms with Crippen molar-refractivity contribution < 1.29 is 18.7 Å². The van der Waals surface area contributed by atoms with E-state index in [0.717, 1.165) is 6.07 Å². The molecule has 8 heteroatoms. The molecule has 1 N–H and O–H groups in total. The molecule has 0 fully saturated rings. The van der Waals surface area contributed by atoms with Gasteiger partial charge < -0.3 is 14.6 Å². The van der Waals surface area contributed by atoms with Gasteiger partial charge in [-0.15, -0.1) is 0 Å². The van der Waals surface area contributed by atoms with E-state index < -0.39 is 24.3 Å². The van der Waals surface area contributed by atoms with Crippen LogP contribution in [-0.2, 0) is 16.1 Å². The van der Waals surface area contributed by atoms with Crippen LogP contribution in [0.15, 0.2) is 47.3 Å². The van der Waals surface area contributed by atoms with E-state index in [2.05, 4.69) is 10.3 Å². The molecule has 0 bridgehead atoms. The Morgan fingerprint density at radius 3 is 2.71 bits per heavy atom. The molecule has 7 nitrogen and oxygen atoms in total. The maximum Gasteiger partial charge on any atom is 0.338 e. The Balaban J connectivity index is 1.72. The largest absolute Gasteiger partial charge is 0.452 e. The number of nitrogens with one attached hydrogen (secondary N) is 1. The van der Waals surface area contributed by atoms with Crippen LogP contribution in [0.25, 0.3) is 11.0 Å². The Labute approximate surface area is 159 Å². The summed E-state index contributed by atoms with van der Waals surface area (Å²) < 4.78 is 19.7. The molecular weight excluding hydrogens is 365 g/mol. The normalized spacial score (nSPS) is 10.7. The van der Waals surface area contributed by atoms with Crippen LogP contribution in [0.1, 0.15) is 23.0 Å². The van der Waals surface area contributed by atoms with E-state index >= 15 is 0 Å². The highest BCUT2D eigenvalue weighted by atomic mass is 19.1. The number of benzene rings is 2. The van der Waals surface area contributed by atoms with Crippen LogP contribution in [-0.4, -0.2) is 28.0 Å². The van der Waals surface area contributed by atoms with E-state index in [4.69, 9.17) is 4.74 Å². The Kier molecular flexibility index (Phi) is 5.49. The molecule has 3 aromatic rings. The van der Waals surface area contributed by atoms with Gasteiger partial charge in [-0.3, -0.25) is 9.59 Å². The molecule has 0 unspecified atom stereocenters. The van der Waals surface area contributed by atoms with Gasteiger partial charge in [-0.25, -0.2) is 14.2 Å². The van der Waals surface area contributed by atoms with E-state index in [9.17, 15) is 18.8 Å². The second-order valence-corrected chi connectivity index (χ2v) is 6.08. The first-order chi connectivity index (χ1) is 13.4. The van der Waals surface area contributed by atoms with Gasteiger partial charge >= 0.3 is 5.97 Å². The molecule has 1 amide bonds. The van der Waals surface area contributed by atoms with Gasteiger partial charge in [0.15, 0.2) is 6.61 Å². The van der Waals surface area contributed by atoms with Crippen molar-refractivity contribution >= 4 is 28.6 Å². The summed E-state index contributed by atoms with van der Waals surface area (Å²) in [5, 5.41) is 2.44. The van der Waals surface area contributed by atoms with Crippen LogP contribution < -0.4 is 10.9 Å². The molecule has 144 valence electrons. The average Bonchev–Trinajstić information content (AvgIpc) is 2.67. The van der Waals surface area contributed by atoms with E-state index in [0.29, 0.717) is 23.3 Å². The zero-order valence-electron chi connectivity index (χ0n) is 15.4. The predicted octanol–water partition coefficient (Wildman–Crippen LogP) is 2.66. The zero-order valence-corrected chi connectivity index (χ0v) is 15.4. The van der Waals surface area contributed by atoms with Crippen molar-refractivity contribution in [1.82, 2.24) is 9.55 Å². The van der Waals surface area contributed by atoms with Crippen molar-refractivity contribution in [1.29, 1.82) is 0 Å². The van der Waals surface area contributed by atoms with Gasteiger partial charge in [0.2, 0.25) is 0 Å². The van der Waals surface area contributed by atoms with E-state index in [-0.39, 0.29) is 16.8 Å². The van der Waals surface area contributed by atoms with Gasteiger partial charge in [0.05, 0.1) is 16.6 Å². The first kappa shape index (κ1) is 19.2. The van der Waals surface area contributed by atoms with Crippen molar-refractivity contribution in [3.63, 3.8) is 0 Å². The van der Waals surface area contributed by atoms with Crippen LogP contribution in [0, 0.1) is 12.7 Å². The minimum Gasteiger partial charge on any atom is -0.452 e. The molecule has 2 aromatic carbocycles. The lowest BCUT2D eigenvalue weighted by Crippen LogP contribution is -2.23. The molecule has 1 heterocycles. The highest BCUT2D eigenvalue weighted by Crippen LogP contribution is 2.14. The fourth-order valence-electron chi connectivity index (χ4n) is 2.79. The maximum atomic E-state index is 13.1. The number of esters is 1. The van der Waals surface area contributed by atoms with Gasteiger partial charge in [-0.05, 0) is 50.2 Å². The lowest BCUT2D eigenvalue weighted by atomic mass is 10.2. The number of nitrogens with zero attached hydrogens (tertiary/aromatic N) is 2. The number of anilines is 1. The Morgan fingerprint density at radius 1 is 1.21 bits per heavy atom. The summed E-state index contributed by atoms with van der Waals surface area (Å²) in [6.45, 7) is 3.41. The average molecular weight is 383 g/mol. The summed E-state index contributed by atoms with van der Waals surface area (Å²) in [6.07, 6.45) is 0. The van der Waals surface area contributed by atoms with Gasteiger partial charge in [0.1, 0.15) is 11.5 Å². The summed E-state index contributed by atoms with van der Waals surface area (Å²) in [5.41, 5.74) is 1.72. The topological polar surface area (TPSA) is 90.3 Å². The van der Waals surface area contributed by atoms with Crippen molar-refractivity contribution in [3.8, 4) is 0 Å². The Hall–Kier alpha value is -3.55. The molecule has 0 atom stereocenters. The van der Waals surface area contributed by atoms with Crippen LogP contribution in [0.2, 0.25) is 0 Å². The van der Waals surface area contributed by atoms with Crippen molar-refractivity contribution in [2.24, 2.45) is 0 Å². The number of hydrogen-bond donors (Lipinski definition) is 1. The predicted molar refractivity (Wildman–Crippen MR) is 102 cm³/mol. The molecule has 0 radical (unpaired) electrons. The smallest absolute Gasteiger partial charge is 0.338 e. The number of fused-ring (bicyclic) bond motifs is 1. The fourth-order valence-corrected chi connectivity index (χ4v) is 2.79. The van der Waals surface area contributed by atoms with Crippen LogP contribution in [0.4, 0.5) is 10.1 Å². The molecule has 1 aromatic heterocycles. The molecular formula is C20H18FN3O4. The number of carbonyl (C=O) groups excluding carboxylic acids is 2. The first-order valence-corrected chi connectivity index (χ1v) is 8.62. The minimum absolute atomic E-state index is 0.181. The van der Waals surface area contributed by atoms with Gasteiger partial charge in [0, 0.05) is 12.2 Å². The molecule has 28 heavy (non-hydrogen) atoms. The van der Waals surface area contributed by atoms with Gasteiger partial charge in [-0.1, -0.05) is 6.07 Å². The number of rotatable bonds is 5. The SMILES string of the molecule is CCn1c(=O)c(C)nc2cc(C(=O)OCC(=O)Nc3cccc(F)c3)ccc21. The van der Waals surface area contributed by atoms with Gasteiger partial charge in [0.25, 0.3) is 11.5 Å². The summed E-state index contributed by atoms with van der Waals surface area (Å²) in [7, 11) is 0. The lowest BCUT2D eigenvalue weighted by molar-refractivity contribution is -0.119. The number of carbonyl (C=O) groups is 2. The molecule has 3 rings (SSSR count). The molecule has 0 aliphatic rings. The molecule has 0 saturated carbocycles. The maximum absolute atomic E-state index is 13.1. The van der Waals surface area contributed by atoms with E-state index in [1.54, 1.807) is 17.6 Å². The highest BCUT2D eigenvalue weighted by Gasteiger charge is 2.14. The quantitative estimate of drug-likeness (QED) is 0.684. The summed E-state index contributed by atoms with van der Waals surface area (Å²) in [6, 6.07) is 10.0. The number of aromatic nitrogens is 2. The van der Waals surface area contributed by atoms with E-state index in [1.807, 2.05) is 6.92 Å². The monoisotopic (exact) mass is 383 g/mol. The highest BCUT2D eigenvalue weighted by molar-refractivity contribution is 5.97. The third-order valence-electron chi connectivity index (χ3n) is 4.10. The van der Waals surface area contributed by atoms with Crippen molar-refractivity contribution in [2.75, 3.05) is 11.9 Å². The molecule has 0 aliphatic carbocycles. The van der Waals surface area contributed by atoms with Crippen LogP contribution in [0.5, 0.6) is 0 Å². The Bertz CT molecular complexity index is 1120.